The predicted octanol–water partition coefficient (Wildman–Crippen LogP) is 5.04. The lowest BCUT2D eigenvalue weighted by Crippen LogP contribution is -2.63. The van der Waals surface area contributed by atoms with Gasteiger partial charge >= 0.3 is 12.2 Å². The molecule has 1 unspecified atom stereocenters. The molecule has 392 valence electrons. The van der Waals surface area contributed by atoms with E-state index in [9.17, 15) is 33.6 Å². The van der Waals surface area contributed by atoms with Crippen LogP contribution < -0.4 is 26.6 Å². The van der Waals surface area contributed by atoms with Crippen molar-refractivity contribution in [2.75, 3.05) is 52.9 Å². The molecule has 2 aromatic carbocycles. The Hall–Kier alpha value is -5.75. The summed E-state index contributed by atoms with van der Waals surface area (Å²) in [6.45, 7) is 9.01. The molecule has 18 nitrogen and oxygen atoms in total. The molecule has 5 rings (SSSR count). The Morgan fingerprint density at radius 2 is 1.37 bits per heavy atom. The largest absolute Gasteiger partial charge is 0.445 e. The van der Waals surface area contributed by atoms with E-state index in [1.807, 2.05) is 67.3 Å². The second kappa shape index (κ2) is 29.6. The number of alkyl carbamates (subject to hydrolysis) is 1. The van der Waals surface area contributed by atoms with Crippen LogP contribution in [-0.2, 0) is 51.4 Å². The molecule has 5 N–H and O–H groups in total. The van der Waals surface area contributed by atoms with Crippen molar-refractivity contribution in [3.05, 3.63) is 71.8 Å². The van der Waals surface area contributed by atoms with Crippen molar-refractivity contribution in [2.45, 2.75) is 154 Å². The summed E-state index contributed by atoms with van der Waals surface area (Å²) in [5.74, 6) is -2.91. The molecule has 2 aromatic rings. The van der Waals surface area contributed by atoms with Crippen LogP contribution in [0.4, 0.5) is 9.59 Å². The van der Waals surface area contributed by atoms with Crippen molar-refractivity contribution in [3.63, 3.8) is 0 Å². The lowest BCUT2D eigenvalue weighted by molar-refractivity contribution is -0.143. The highest BCUT2D eigenvalue weighted by molar-refractivity contribution is 5.96. The molecule has 18 heteroatoms. The maximum atomic E-state index is 14.7. The van der Waals surface area contributed by atoms with E-state index in [0.29, 0.717) is 51.9 Å². The highest BCUT2D eigenvalue weighted by atomic mass is 16.6. The third-order valence-corrected chi connectivity index (χ3v) is 13.5. The second-order valence-electron chi connectivity index (χ2n) is 19.8. The number of likely N-dealkylation sites (N-methyl/N-ethyl adjacent to an activating group) is 1. The van der Waals surface area contributed by atoms with Crippen molar-refractivity contribution in [1.82, 2.24) is 41.3 Å². The highest BCUT2D eigenvalue weighted by Crippen LogP contribution is 2.28. The van der Waals surface area contributed by atoms with Crippen molar-refractivity contribution in [2.24, 2.45) is 11.8 Å². The third-order valence-electron chi connectivity index (χ3n) is 13.5. The van der Waals surface area contributed by atoms with Crippen LogP contribution in [0.5, 0.6) is 0 Å². The molecule has 1 saturated carbocycles. The van der Waals surface area contributed by atoms with Gasteiger partial charge in [0.2, 0.25) is 29.5 Å². The van der Waals surface area contributed by atoms with E-state index in [-0.39, 0.29) is 50.5 Å². The number of rotatable bonds is 16. The number of unbranched alkanes of at least 4 members (excludes halogenated alkanes) is 3. The van der Waals surface area contributed by atoms with Gasteiger partial charge in [0.1, 0.15) is 37.4 Å². The summed E-state index contributed by atoms with van der Waals surface area (Å²) >= 11 is 0. The Morgan fingerprint density at radius 3 is 2.00 bits per heavy atom. The SMILES string of the molecule is CCCCCC[C@@H]1CC(=O)N(C)[C@@H](CC(C)C)C(=O)N[C@@H](C2CCCCC2)C(=O)N[C@@H](CNC(=O)OCc2ccccc2)C(=O)NC(CN2CCN(C(=O)OCc3ccccc3)CC2)C(=O)N[C@H](C)CO1. The molecule has 6 atom stereocenters. The summed E-state index contributed by atoms with van der Waals surface area (Å²) in [6.07, 6.45) is 7.01. The number of nitrogens with zero attached hydrogens (tertiary/aromatic N) is 3. The molecule has 2 heterocycles. The number of benzene rings is 2. The van der Waals surface area contributed by atoms with E-state index in [1.165, 1.54) is 4.90 Å². The zero-order valence-electron chi connectivity index (χ0n) is 42.7. The third kappa shape index (κ3) is 19.1. The lowest BCUT2D eigenvalue weighted by Gasteiger charge is -2.36. The topological polar surface area (TPSA) is 217 Å². The van der Waals surface area contributed by atoms with Crippen molar-refractivity contribution >= 4 is 41.7 Å². The molecule has 7 amide bonds. The van der Waals surface area contributed by atoms with Gasteiger partial charge in [0.15, 0.2) is 0 Å². The number of carbonyl (C=O) groups excluding carboxylic acids is 7. The number of ether oxygens (including phenoxy) is 3. The molecule has 0 radical (unpaired) electrons. The van der Waals surface area contributed by atoms with Gasteiger partial charge in [0, 0.05) is 45.8 Å². The van der Waals surface area contributed by atoms with Crippen LogP contribution in [0.2, 0.25) is 0 Å². The van der Waals surface area contributed by atoms with Gasteiger partial charge < -0.3 is 50.6 Å². The molecule has 71 heavy (non-hydrogen) atoms. The number of nitrogens with one attached hydrogen (secondary N) is 5. The van der Waals surface area contributed by atoms with Crippen LogP contribution in [0.25, 0.3) is 0 Å². The summed E-state index contributed by atoms with van der Waals surface area (Å²) in [7, 11) is 1.62. The fourth-order valence-electron chi connectivity index (χ4n) is 9.30. The summed E-state index contributed by atoms with van der Waals surface area (Å²) in [5, 5.41) is 14.4. The number of amides is 7. The quantitative estimate of drug-likeness (QED) is 0.141. The zero-order chi connectivity index (χ0) is 51.1. The summed E-state index contributed by atoms with van der Waals surface area (Å²) < 4.78 is 17.4. The minimum atomic E-state index is -1.42. The van der Waals surface area contributed by atoms with Gasteiger partial charge in [-0.05, 0) is 55.6 Å². The van der Waals surface area contributed by atoms with Crippen molar-refractivity contribution < 1.29 is 47.8 Å². The van der Waals surface area contributed by atoms with E-state index >= 15 is 0 Å². The molecular weight excluding hydrogens is 909 g/mol. The first-order chi connectivity index (χ1) is 34.2. The molecule has 0 bridgehead atoms. The molecule has 2 aliphatic heterocycles. The van der Waals surface area contributed by atoms with Crippen molar-refractivity contribution in [1.29, 1.82) is 0 Å². The fraction of sp³-hybridized carbons (Fsp3) is 0.642. The van der Waals surface area contributed by atoms with Gasteiger partial charge in [-0.2, -0.15) is 0 Å². The van der Waals surface area contributed by atoms with Crippen molar-refractivity contribution in [3.8, 4) is 0 Å². The monoisotopic (exact) mass is 989 g/mol. The Labute approximate surface area is 420 Å². The predicted molar refractivity (Wildman–Crippen MR) is 268 cm³/mol. The van der Waals surface area contributed by atoms with Crippen LogP contribution in [0.1, 0.15) is 116 Å². The summed E-state index contributed by atoms with van der Waals surface area (Å²) in [5.41, 5.74) is 1.61. The molecular formula is C53H80N8O10. The summed E-state index contributed by atoms with van der Waals surface area (Å²) in [4.78, 5) is 104. The number of carbonyl (C=O) groups is 7. The molecule has 3 aliphatic rings. The van der Waals surface area contributed by atoms with Gasteiger partial charge in [-0.1, -0.05) is 126 Å². The summed E-state index contributed by atoms with van der Waals surface area (Å²) in [6, 6.07) is 13.3. The van der Waals surface area contributed by atoms with Crippen LogP contribution in [0, 0.1) is 11.8 Å². The molecule has 1 aliphatic carbocycles. The molecule has 2 saturated heterocycles. The number of piperazine rings is 1. The van der Waals surface area contributed by atoms with Crippen LogP contribution >= 0.6 is 0 Å². The van der Waals surface area contributed by atoms with Crippen LogP contribution in [-0.4, -0.2) is 146 Å². The normalized spacial score (nSPS) is 24.1. The number of hydrogen-bond donors (Lipinski definition) is 5. The molecule has 0 aromatic heterocycles. The first kappa shape index (κ1) is 56.2. The first-order valence-electron chi connectivity index (χ1n) is 25.9. The van der Waals surface area contributed by atoms with Crippen LogP contribution in [0.15, 0.2) is 60.7 Å². The zero-order valence-corrected chi connectivity index (χ0v) is 42.7. The maximum absolute atomic E-state index is 14.7. The Bertz CT molecular complexity index is 2000. The highest BCUT2D eigenvalue weighted by Gasteiger charge is 2.38. The fourth-order valence-corrected chi connectivity index (χ4v) is 9.30. The Balaban J connectivity index is 1.43. The average Bonchev–Trinajstić information content (AvgIpc) is 3.37. The second-order valence-corrected chi connectivity index (χ2v) is 19.8. The van der Waals surface area contributed by atoms with E-state index in [0.717, 1.165) is 56.1 Å². The minimum absolute atomic E-state index is 0.0185. The Kier molecular flexibility index (Phi) is 23.4. The van der Waals surface area contributed by atoms with Gasteiger partial charge in [-0.25, -0.2) is 9.59 Å². The lowest BCUT2D eigenvalue weighted by atomic mass is 9.83. The maximum Gasteiger partial charge on any atom is 0.410 e. The Morgan fingerprint density at radius 1 is 0.746 bits per heavy atom. The van der Waals surface area contributed by atoms with E-state index in [1.54, 1.807) is 31.0 Å². The van der Waals surface area contributed by atoms with E-state index in [2.05, 4.69) is 33.5 Å². The average molecular weight is 989 g/mol. The molecule has 3 fully saturated rings. The smallest absolute Gasteiger partial charge is 0.410 e. The number of hydrogen-bond acceptors (Lipinski definition) is 11. The van der Waals surface area contributed by atoms with Crippen LogP contribution in [0.3, 0.4) is 0 Å². The minimum Gasteiger partial charge on any atom is -0.445 e. The van der Waals surface area contributed by atoms with E-state index < -0.39 is 78.7 Å². The van der Waals surface area contributed by atoms with Gasteiger partial charge in [-0.3, -0.25) is 28.9 Å². The first-order valence-corrected chi connectivity index (χ1v) is 25.9. The molecule has 0 spiro atoms. The van der Waals surface area contributed by atoms with E-state index in [4.69, 9.17) is 14.2 Å². The van der Waals surface area contributed by atoms with Gasteiger partial charge in [0.05, 0.1) is 25.7 Å². The van der Waals surface area contributed by atoms with Gasteiger partial charge in [-0.15, -0.1) is 0 Å². The standard InChI is InChI=1S/C53H80N8O10/c1-6-7-8-18-25-42-31-46(62)59(5)45(30-37(2)3)50(65)58-47(41-23-16-11-17-24-41)51(66)56-43(32-54-52(67)70-35-39-19-12-9-13-20-39)48(63)57-44(49(64)55-38(4)34-69-42)33-60-26-28-61(29-27-60)53(68)71-36-40-21-14-10-15-22-40/h9-10,12-15,19-22,37-38,41-45,47H,6-8,11,16-18,23-36H2,1-5H3,(H,54,67)(H,55,64)(H,56,66)(H,57,63)(H,58,65)/t38-,42-,43+,44?,45+,47+/m1/s1. The van der Waals surface area contributed by atoms with Gasteiger partial charge in [0.25, 0.3) is 0 Å².